The van der Waals surface area contributed by atoms with Gasteiger partial charge in [0.25, 0.3) is 5.91 Å². The van der Waals surface area contributed by atoms with E-state index in [9.17, 15) is 4.79 Å². The van der Waals surface area contributed by atoms with Crippen molar-refractivity contribution in [2.75, 3.05) is 4.90 Å². The van der Waals surface area contributed by atoms with Crippen LogP contribution in [0.4, 0.5) is 5.13 Å². The number of hydrogen-bond acceptors (Lipinski definition) is 4. The van der Waals surface area contributed by atoms with Crippen molar-refractivity contribution in [3.05, 3.63) is 119 Å². The molecule has 4 aromatic carbocycles. The van der Waals surface area contributed by atoms with Gasteiger partial charge in [-0.2, -0.15) is 0 Å². The number of aromatic nitrogens is 1. The molecule has 0 saturated carbocycles. The minimum Gasteiger partial charge on any atom is -0.457 e. The fourth-order valence-corrected chi connectivity index (χ4v) is 4.84. The molecule has 5 aromatic rings. The molecule has 0 spiro atoms. The Labute approximate surface area is 207 Å². The summed E-state index contributed by atoms with van der Waals surface area (Å²) in [4.78, 5) is 20.3. The quantitative estimate of drug-likeness (QED) is 0.246. The second-order valence-electron chi connectivity index (χ2n) is 7.84. The van der Waals surface area contributed by atoms with Crippen molar-refractivity contribution in [2.45, 2.75) is 13.5 Å². The molecule has 0 atom stereocenters. The van der Waals surface area contributed by atoms with E-state index >= 15 is 0 Å². The Morgan fingerprint density at radius 2 is 1.62 bits per heavy atom. The SMILES string of the molecule is Cc1c(Cl)ccc2sc(N(Cc3ccccc3)C(=O)c3cccc(Oc4ccccc4)c3)nc12. The number of aryl methyl sites for hydroxylation is 1. The highest BCUT2D eigenvalue weighted by Crippen LogP contribution is 2.35. The van der Waals surface area contributed by atoms with Crippen LogP contribution >= 0.6 is 22.9 Å². The number of nitrogens with zero attached hydrogens (tertiary/aromatic N) is 2. The van der Waals surface area contributed by atoms with Gasteiger partial charge < -0.3 is 4.74 Å². The normalized spacial score (nSPS) is 10.9. The lowest BCUT2D eigenvalue weighted by Gasteiger charge is -2.20. The van der Waals surface area contributed by atoms with Crippen LogP contribution in [0.25, 0.3) is 10.2 Å². The fraction of sp³-hybridized carbons (Fsp3) is 0.0714. The van der Waals surface area contributed by atoms with Crippen molar-refractivity contribution in [2.24, 2.45) is 0 Å². The summed E-state index contributed by atoms with van der Waals surface area (Å²) in [5.41, 5.74) is 3.27. The number of anilines is 1. The number of carbonyl (C=O) groups is 1. The van der Waals surface area contributed by atoms with E-state index in [1.54, 1.807) is 17.0 Å². The summed E-state index contributed by atoms with van der Waals surface area (Å²) >= 11 is 7.80. The van der Waals surface area contributed by atoms with Crippen LogP contribution in [0.15, 0.2) is 97.1 Å². The monoisotopic (exact) mass is 484 g/mol. The lowest BCUT2D eigenvalue weighted by Crippen LogP contribution is -2.30. The predicted molar refractivity (Wildman–Crippen MR) is 139 cm³/mol. The van der Waals surface area contributed by atoms with Crippen molar-refractivity contribution in [1.29, 1.82) is 0 Å². The first-order chi connectivity index (χ1) is 16.6. The van der Waals surface area contributed by atoms with Crippen molar-refractivity contribution in [3.8, 4) is 11.5 Å². The van der Waals surface area contributed by atoms with Crippen LogP contribution in [0.2, 0.25) is 5.02 Å². The molecule has 1 heterocycles. The Bertz CT molecular complexity index is 1450. The molecule has 0 aliphatic carbocycles. The first-order valence-corrected chi connectivity index (χ1v) is 12.0. The maximum atomic E-state index is 13.8. The third-order valence-electron chi connectivity index (χ3n) is 5.46. The summed E-state index contributed by atoms with van der Waals surface area (Å²) in [6.45, 7) is 2.35. The molecule has 1 aromatic heterocycles. The molecule has 0 aliphatic rings. The number of para-hydroxylation sites is 1. The molecule has 0 N–H and O–H groups in total. The highest BCUT2D eigenvalue weighted by molar-refractivity contribution is 7.22. The Balaban J connectivity index is 1.52. The number of carbonyl (C=O) groups excluding carboxylic acids is 1. The van der Waals surface area contributed by atoms with E-state index in [2.05, 4.69) is 0 Å². The summed E-state index contributed by atoms with van der Waals surface area (Å²) in [5, 5.41) is 1.29. The van der Waals surface area contributed by atoms with Crippen molar-refractivity contribution in [1.82, 2.24) is 4.98 Å². The zero-order valence-corrected chi connectivity index (χ0v) is 20.0. The smallest absolute Gasteiger partial charge is 0.260 e. The number of amides is 1. The number of halogens is 1. The first-order valence-electron chi connectivity index (χ1n) is 10.8. The van der Waals surface area contributed by atoms with Crippen LogP contribution in [-0.4, -0.2) is 10.9 Å². The van der Waals surface area contributed by atoms with Gasteiger partial charge in [0.1, 0.15) is 11.5 Å². The van der Waals surface area contributed by atoms with Crippen molar-refractivity contribution in [3.63, 3.8) is 0 Å². The minimum atomic E-state index is -0.148. The Morgan fingerprint density at radius 3 is 2.38 bits per heavy atom. The van der Waals surface area contributed by atoms with Crippen LogP contribution in [0.5, 0.6) is 11.5 Å². The molecule has 0 radical (unpaired) electrons. The van der Waals surface area contributed by atoms with Crippen LogP contribution in [-0.2, 0) is 6.54 Å². The highest BCUT2D eigenvalue weighted by atomic mass is 35.5. The van der Waals surface area contributed by atoms with E-state index in [0.717, 1.165) is 21.3 Å². The van der Waals surface area contributed by atoms with Gasteiger partial charge >= 0.3 is 0 Å². The molecule has 0 unspecified atom stereocenters. The lowest BCUT2D eigenvalue weighted by atomic mass is 10.1. The Hall–Kier alpha value is -3.67. The summed E-state index contributed by atoms with van der Waals surface area (Å²) in [7, 11) is 0. The van der Waals surface area contributed by atoms with Crippen LogP contribution in [0, 0.1) is 6.92 Å². The minimum absolute atomic E-state index is 0.148. The zero-order valence-electron chi connectivity index (χ0n) is 18.4. The van der Waals surface area contributed by atoms with Gasteiger partial charge in [-0.15, -0.1) is 0 Å². The maximum Gasteiger partial charge on any atom is 0.260 e. The standard InChI is InChI=1S/C28H21ClN2O2S/c1-19-24(29)15-16-25-26(19)30-28(34-25)31(18-20-9-4-2-5-10-20)27(32)21-11-8-14-23(17-21)33-22-12-6-3-7-13-22/h2-17H,18H2,1H3. The number of rotatable bonds is 6. The molecule has 0 saturated heterocycles. The molecule has 34 heavy (non-hydrogen) atoms. The summed E-state index contributed by atoms with van der Waals surface area (Å²) < 4.78 is 6.94. The third-order valence-corrected chi connectivity index (χ3v) is 6.91. The summed E-state index contributed by atoms with van der Waals surface area (Å²) in [5.74, 6) is 1.17. The fourth-order valence-electron chi connectivity index (χ4n) is 3.67. The van der Waals surface area contributed by atoms with Gasteiger partial charge in [-0.05, 0) is 60.5 Å². The molecule has 0 bridgehead atoms. The van der Waals surface area contributed by atoms with Crippen molar-refractivity contribution < 1.29 is 9.53 Å². The van der Waals surface area contributed by atoms with Gasteiger partial charge in [-0.1, -0.05) is 77.5 Å². The van der Waals surface area contributed by atoms with Gasteiger partial charge in [0.05, 0.1) is 16.8 Å². The second-order valence-corrected chi connectivity index (χ2v) is 9.25. The number of hydrogen-bond donors (Lipinski definition) is 0. The van der Waals surface area contributed by atoms with Gasteiger partial charge in [-0.3, -0.25) is 9.69 Å². The molecular formula is C28H21ClN2O2S. The lowest BCUT2D eigenvalue weighted by molar-refractivity contribution is 0.0985. The van der Waals surface area contributed by atoms with Crippen LogP contribution < -0.4 is 9.64 Å². The number of thiazole rings is 1. The number of ether oxygens (including phenoxy) is 1. The zero-order chi connectivity index (χ0) is 23.5. The number of benzene rings is 4. The molecule has 4 nitrogen and oxygen atoms in total. The molecule has 0 fully saturated rings. The van der Waals surface area contributed by atoms with E-state index in [-0.39, 0.29) is 5.91 Å². The number of fused-ring (bicyclic) bond motifs is 1. The second kappa shape index (κ2) is 9.67. The largest absolute Gasteiger partial charge is 0.457 e. The summed E-state index contributed by atoms with van der Waals surface area (Å²) in [6, 6.07) is 30.5. The van der Waals surface area contributed by atoms with E-state index in [4.69, 9.17) is 21.3 Å². The van der Waals surface area contributed by atoms with Crippen molar-refractivity contribution >= 4 is 44.2 Å². The third kappa shape index (κ3) is 4.67. The molecule has 6 heteroatoms. The van der Waals surface area contributed by atoms with E-state index in [1.807, 2.05) is 91.9 Å². The average Bonchev–Trinajstić information content (AvgIpc) is 3.31. The molecule has 1 amide bonds. The predicted octanol–water partition coefficient (Wildman–Crippen LogP) is 7.90. The maximum absolute atomic E-state index is 13.8. The van der Waals surface area contributed by atoms with Gasteiger partial charge in [0.2, 0.25) is 0 Å². The topological polar surface area (TPSA) is 42.4 Å². The van der Waals surface area contributed by atoms with E-state index in [0.29, 0.717) is 33.8 Å². The van der Waals surface area contributed by atoms with Gasteiger partial charge in [-0.25, -0.2) is 4.98 Å². The summed E-state index contributed by atoms with van der Waals surface area (Å²) in [6.07, 6.45) is 0. The van der Waals surface area contributed by atoms with Crippen LogP contribution in [0.3, 0.4) is 0 Å². The highest BCUT2D eigenvalue weighted by Gasteiger charge is 2.23. The van der Waals surface area contributed by atoms with E-state index < -0.39 is 0 Å². The first kappa shape index (κ1) is 22.1. The average molecular weight is 485 g/mol. The van der Waals surface area contributed by atoms with Crippen LogP contribution in [0.1, 0.15) is 21.5 Å². The van der Waals surface area contributed by atoms with Gasteiger partial charge in [0.15, 0.2) is 5.13 Å². The molecule has 168 valence electrons. The van der Waals surface area contributed by atoms with E-state index in [1.165, 1.54) is 11.3 Å². The Kier molecular flexibility index (Phi) is 6.30. The molecular weight excluding hydrogens is 464 g/mol. The molecule has 5 rings (SSSR count). The molecule has 0 aliphatic heterocycles. The Morgan fingerprint density at radius 1 is 0.912 bits per heavy atom. The van der Waals surface area contributed by atoms with Gasteiger partial charge in [0, 0.05) is 10.6 Å².